The smallest absolute Gasteiger partial charge is 0.340 e. The van der Waals surface area contributed by atoms with Crippen LogP contribution < -0.4 is 20.1 Å². The third kappa shape index (κ3) is 4.36. The summed E-state index contributed by atoms with van der Waals surface area (Å²) in [5.41, 5.74) is 2.54. The predicted octanol–water partition coefficient (Wildman–Crippen LogP) is 3.25. The molecule has 1 heterocycles. The van der Waals surface area contributed by atoms with E-state index in [1.807, 2.05) is 19.9 Å². The highest BCUT2D eigenvalue weighted by atomic mass is 16.5. The molecule has 0 radical (unpaired) electrons. The molecule has 1 aliphatic heterocycles. The molecule has 3 rings (SSSR count). The van der Waals surface area contributed by atoms with Gasteiger partial charge >= 0.3 is 5.97 Å². The summed E-state index contributed by atoms with van der Waals surface area (Å²) in [4.78, 5) is 24.6. The van der Waals surface area contributed by atoms with Gasteiger partial charge in [-0.15, -0.1) is 0 Å². The lowest BCUT2D eigenvalue weighted by atomic mass is 10.1. The van der Waals surface area contributed by atoms with Crippen LogP contribution in [0.25, 0.3) is 0 Å². The van der Waals surface area contributed by atoms with Gasteiger partial charge in [0, 0.05) is 30.8 Å². The number of hydrogen-bond donors (Lipinski definition) is 2. The lowest BCUT2D eigenvalue weighted by Gasteiger charge is -2.14. The molecule has 1 aliphatic rings. The van der Waals surface area contributed by atoms with Crippen molar-refractivity contribution < 1.29 is 23.8 Å². The van der Waals surface area contributed by atoms with Crippen LogP contribution in [0, 0.1) is 0 Å². The third-order valence-electron chi connectivity index (χ3n) is 4.32. The zero-order valence-electron chi connectivity index (χ0n) is 16.2. The van der Waals surface area contributed by atoms with E-state index in [0.717, 1.165) is 17.7 Å². The van der Waals surface area contributed by atoms with Gasteiger partial charge in [-0.2, -0.15) is 0 Å². The van der Waals surface area contributed by atoms with Gasteiger partial charge < -0.3 is 24.8 Å². The third-order valence-corrected chi connectivity index (χ3v) is 4.32. The number of anilines is 2. The van der Waals surface area contributed by atoms with Crippen molar-refractivity contribution in [2.75, 3.05) is 30.9 Å². The van der Waals surface area contributed by atoms with Gasteiger partial charge in [0.05, 0.1) is 17.9 Å². The summed E-state index contributed by atoms with van der Waals surface area (Å²) >= 11 is 0. The van der Waals surface area contributed by atoms with Crippen molar-refractivity contribution in [1.29, 1.82) is 0 Å². The molecule has 0 bridgehead atoms. The monoisotopic (exact) mass is 384 g/mol. The Kier molecular flexibility index (Phi) is 6.03. The molecule has 0 fully saturated rings. The van der Waals surface area contributed by atoms with E-state index < -0.39 is 18.5 Å². The summed E-state index contributed by atoms with van der Waals surface area (Å²) in [6, 6.07) is 10.6. The number of esters is 1. The minimum atomic E-state index is -0.573. The number of carbonyl (C=O) groups excluding carboxylic acids is 2. The predicted molar refractivity (Wildman–Crippen MR) is 106 cm³/mol. The normalized spacial score (nSPS) is 14.6. The Hall–Kier alpha value is -3.22. The minimum absolute atomic E-state index is 0.0867. The Morgan fingerprint density at radius 2 is 2.00 bits per heavy atom. The fourth-order valence-electron chi connectivity index (χ4n) is 3.09. The van der Waals surface area contributed by atoms with Crippen LogP contribution >= 0.6 is 0 Å². The van der Waals surface area contributed by atoms with Gasteiger partial charge in [0.2, 0.25) is 0 Å². The van der Waals surface area contributed by atoms with Crippen LogP contribution in [0.1, 0.15) is 29.8 Å². The zero-order chi connectivity index (χ0) is 20.1. The first-order valence-electron chi connectivity index (χ1n) is 9.22. The molecule has 7 nitrogen and oxygen atoms in total. The molecule has 28 heavy (non-hydrogen) atoms. The summed E-state index contributed by atoms with van der Waals surface area (Å²) in [5, 5.41) is 5.66. The van der Waals surface area contributed by atoms with E-state index in [1.165, 1.54) is 0 Å². The van der Waals surface area contributed by atoms with Crippen molar-refractivity contribution in [2.24, 2.45) is 0 Å². The second kappa shape index (κ2) is 8.65. The van der Waals surface area contributed by atoms with E-state index in [0.29, 0.717) is 29.3 Å². The number of fused-ring (bicyclic) bond motifs is 1. The Balaban J connectivity index is 1.66. The van der Waals surface area contributed by atoms with Gasteiger partial charge in [0.15, 0.2) is 6.61 Å². The highest BCUT2D eigenvalue weighted by Gasteiger charge is 2.23. The SMILES string of the molecule is CCOc1cc2c(cc1NC(=O)COC(=O)c1ccccc1NC)OC(C)C2. The molecule has 2 N–H and O–H groups in total. The van der Waals surface area contributed by atoms with E-state index in [-0.39, 0.29) is 6.10 Å². The number of rotatable bonds is 7. The highest BCUT2D eigenvalue weighted by molar-refractivity contribution is 5.99. The maximum Gasteiger partial charge on any atom is 0.340 e. The van der Waals surface area contributed by atoms with Gasteiger partial charge in [-0.3, -0.25) is 4.79 Å². The first-order chi connectivity index (χ1) is 13.5. The number of nitrogens with one attached hydrogen (secondary N) is 2. The Bertz CT molecular complexity index is 881. The van der Waals surface area contributed by atoms with Gasteiger partial charge in [-0.05, 0) is 32.0 Å². The lowest BCUT2D eigenvalue weighted by Crippen LogP contribution is -2.21. The number of amides is 1. The molecule has 2 aromatic carbocycles. The van der Waals surface area contributed by atoms with E-state index in [9.17, 15) is 9.59 Å². The first-order valence-corrected chi connectivity index (χ1v) is 9.22. The summed E-state index contributed by atoms with van der Waals surface area (Å²) in [5.74, 6) is 0.267. The average molecular weight is 384 g/mol. The maximum atomic E-state index is 12.3. The summed E-state index contributed by atoms with van der Waals surface area (Å²) in [7, 11) is 1.71. The van der Waals surface area contributed by atoms with Gasteiger partial charge in [-0.25, -0.2) is 4.79 Å². The number of ether oxygens (including phenoxy) is 3. The van der Waals surface area contributed by atoms with E-state index in [1.54, 1.807) is 37.4 Å². The number of benzene rings is 2. The zero-order valence-corrected chi connectivity index (χ0v) is 16.2. The van der Waals surface area contributed by atoms with Gasteiger partial charge in [-0.1, -0.05) is 12.1 Å². The standard InChI is InChI=1S/C21H24N2O5/c1-4-26-19-10-14-9-13(2)28-18(14)11-17(19)23-20(24)12-27-21(25)15-7-5-6-8-16(15)22-3/h5-8,10-11,13,22H,4,9,12H2,1-3H3,(H,23,24). The molecule has 7 heteroatoms. The fourth-order valence-corrected chi connectivity index (χ4v) is 3.09. The summed E-state index contributed by atoms with van der Waals surface area (Å²) in [6.07, 6.45) is 0.884. The Labute approximate surface area is 164 Å². The van der Waals surface area contributed by atoms with Crippen molar-refractivity contribution >= 4 is 23.3 Å². The molecule has 1 amide bonds. The van der Waals surface area contributed by atoms with Crippen molar-refractivity contribution in [1.82, 2.24) is 0 Å². The van der Waals surface area contributed by atoms with Crippen LogP contribution in [0.2, 0.25) is 0 Å². The molecule has 1 unspecified atom stereocenters. The van der Waals surface area contributed by atoms with Gasteiger partial charge in [0.1, 0.15) is 17.6 Å². The lowest BCUT2D eigenvalue weighted by molar-refractivity contribution is -0.119. The fraction of sp³-hybridized carbons (Fsp3) is 0.333. The molecule has 1 atom stereocenters. The van der Waals surface area contributed by atoms with Crippen molar-refractivity contribution in [3.8, 4) is 11.5 Å². The van der Waals surface area contributed by atoms with Crippen molar-refractivity contribution in [3.63, 3.8) is 0 Å². The number of carbonyl (C=O) groups is 2. The van der Waals surface area contributed by atoms with Crippen molar-refractivity contribution in [3.05, 3.63) is 47.5 Å². The van der Waals surface area contributed by atoms with Crippen molar-refractivity contribution in [2.45, 2.75) is 26.4 Å². The van der Waals surface area contributed by atoms with E-state index in [4.69, 9.17) is 14.2 Å². The maximum absolute atomic E-state index is 12.3. The average Bonchev–Trinajstić information content (AvgIpc) is 3.05. The molecular weight excluding hydrogens is 360 g/mol. The van der Waals surface area contributed by atoms with Crippen LogP contribution in [0.3, 0.4) is 0 Å². The number of hydrogen-bond acceptors (Lipinski definition) is 6. The van der Waals surface area contributed by atoms with E-state index in [2.05, 4.69) is 10.6 Å². The largest absolute Gasteiger partial charge is 0.492 e. The molecule has 148 valence electrons. The van der Waals surface area contributed by atoms with Gasteiger partial charge in [0.25, 0.3) is 5.91 Å². The molecular formula is C21H24N2O5. The van der Waals surface area contributed by atoms with Crippen LogP contribution in [-0.4, -0.2) is 38.2 Å². The van der Waals surface area contributed by atoms with Crippen LogP contribution in [0.15, 0.2) is 36.4 Å². The molecule has 2 aromatic rings. The molecule has 0 aromatic heterocycles. The molecule has 0 saturated carbocycles. The molecule has 0 saturated heterocycles. The van der Waals surface area contributed by atoms with E-state index >= 15 is 0 Å². The minimum Gasteiger partial charge on any atom is -0.492 e. The van der Waals surface area contributed by atoms with Crippen LogP contribution in [0.4, 0.5) is 11.4 Å². The quantitative estimate of drug-likeness (QED) is 0.713. The second-order valence-electron chi connectivity index (χ2n) is 6.44. The van der Waals surface area contributed by atoms with Crippen LogP contribution in [0.5, 0.6) is 11.5 Å². The van der Waals surface area contributed by atoms with Crippen LogP contribution in [-0.2, 0) is 16.0 Å². The second-order valence-corrected chi connectivity index (χ2v) is 6.44. The Morgan fingerprint density at radius 1 is 1.21 bits per heavy atom. The topological polar surface area (TPSA) is 85.9 Å². The summed E-state index contributed by atoms with van der Waals surface area (Å²) in [6.45, 7) is 3.92. The number of para-hydroxylation sites is 1. The highest BCUT2D eigenvalue weighted by Crippen LogP contribution is 2.38. The molecule has 0 aliphatic carbocycles. The molecule has 0 spiro atoms. The first kappa shape index (κ1) is 19.5. The summed E-state index contributed by atoms with van der Waals surface area (Å²) < 4.78 is 16.5. The Morgan fingerprint density at radius 3 is 2.75 bits per heavy atom.